The number of phenolic OH excluding ortho intramolecular Hbond substituents is 2. The number of aromatic hydroxyl groups is 2. The third-order valence-electron chi connectivity index (χ3n) is 26.2. The highest BCUT2D eigenvalue weighted by Crippen LogP contribution is 2.69. The lowest BCUT2D eigenvalue weighted by molar-refractivity contribution is -0.197. The Balaban J connectivity index is 0.000000118. The van der Waals surface area contributed by atoms with Crippen LogP contribution < -0.4 is 18.4 Å². The molecule has 0 aromatic heterocycles. The van der Waals surface area contributed by atoms with Gasteiger partial charge in [-0.2, -0.15) is 21.6 Å². The van der Waals surface area contributed by atoms with Crippen molar-refractivity contribution in [1.82, 2.24) is 24.5 Å². The van der Waals surface area contributed by atoms with Crippen LogP contribution in [-0.4, -0.2) is 176 Å². The summed E-state index contributed by atoms with van der Waals surface area (Å²) in [5, 5.41) is 57.9. The Morgan fingerprint density at radius 1 is 0.485 bits per heavy atom. The number of likely N-dealkylation sites (tertiary alicyclic amines) is 3. The van der Waals surface area contributed by atoms with Crippen molar-refractivity contribution in [2.24, 2.45) is 0 Å². The summed E-state index contributed by atoms with van der Waals surface area (Å²) < 4.78 is 88.6. The minimum atomic E-state index is -5.93. The van der Waals surface area contributed by atoms with Gasteiger partial charge >= 0.3 is 15.6 Å². The Morgan fingerprint density at radius 3 is 1.26 bits per heavy atom. The number of alkyl halides is 3. The van der Waals surface area contributed by atoms with Crippen molar-refractivity contribution < 1.29 is 70.3 Å². The summed E-state index contributed by atoms with van der Waals surface area (Å²) >= 11 is 0. The Bertz CT molecular complexity index is 4430. The molecule has 6 bridgehead atoms. The highest BCUT2D eigenvalue weighted by atomic mass is 32.2. The molecule has 17 nitrogen and oxygen atoms in total. The van der Waals surface area contributed by atoms with E-state index in [1.165, 1.54) is 22.8 Å². The monoisotopic (exact) mass is 1400 g/mol. The van der Waals surface area contributed by atoms with E-state index in [4.69, 9.17) is 18.4 Å². The van der Waals surface area contributed by atoms with Gasteiger partial charge in [-0.05, 0) is 169 Å². The van der Waals surface area contributed by atoms with Gasteiger partial charge in [0, 0.05) is 79.5 Å². The number of aliphatic hydroxyl groups is 3. The molecule has 12 aliphatic rings. The minimum absolute atomic E-state index is 0.00280. The van der Waals surface area contributed by atoms with Crippen molar-refractivity contribution in [3.05, 3.63) is 213 Å². The van der Waals surface area contributed by atoms with Crippen molar-refractivity contribution in [2.75, 3.05) is 40.8 Å². The number of hydrogen-bond acceptors (Lipinski definition) is 17. The SMILES string of the molecule is CN1CC[C@]23c4c5ccc(O)c4OC2C(=O)CC[C@@]3(O)[C@H]1C5.CN1CC[C@]23c4c5ccc(O)c4OC2[C@H](N(Cc2ccccc2)Cc2ccccc2)CC[C@@]3(O)[C@H]1C5.CN1CC[C@]23c4c5ccc(OS(=O)(=O)C(F)(F)F)c4OC2[C@H](N(Cc2ccccc2)Cc2ccccc2)CC[C@@]3(O)[C@H]1C5. The van der Waals surface area contributed by atoms with Gasteiger partial charge in [-0.25, -0.2) is 0 Å². The largest absolute Gasteiger partial charge is 0.534 e. The number of ketones is 1. The summed E-state index contributed by atoms with van der Waals surface area (Å²) in [7, 11) is 0.249. The fourth-order valence-corrected chi connectivity index (χ4v) is 22.3. The van der Waals surface area contributed by atoms with Gasteiger partial charge in [0.1, 0.15) is 12.2 Å². The molecular weight excluding hydrogens is 1310 g/mol. The molecule has 6 aliphatic heterocycles. The highest BCUT2D eigenvalue weighted by Gasteiger charge is 2.76. The van der Waals surface area contributed by atoms with Gasteiger partial charge in [0.2, 0.25) is 0 Å². The minimum Gasteiger partial charge on any atom is -0.504 e. The number of rotatable bonds is 12. The number of piperidine rings is 3. The molecule has 6 fully saturated rings. The summed E-state index contributed by atoms with van der Waals surface area (Å²) in [5.41, 5.74) is -0.250. The third-order valence-corrected chi connectivity index (χ3v) is 27.2. The first-order valence-electron chi connectivity index (χ1n) is 35.8. The molecule has 7 aromatic rings. The molecular formula is C80H86F3N5O12S. The highest BCUT2D eigenvalue weighted by molar-refractivity contribution is 7.88. The normalized spacial score (nSPS) is 33.3. The van der Waals surface area contributed by atoms with Crippen LogP contribution in [0.25, 0.3) is 0 Å². The molecule has 3 saturated heterocycles. The smallest absolute Gasteiger partial charge is 0.504 e. The van der Waals surface area contributed by atoms with E-state index < -0.39 is 66.6 Å². The first-order chi connectivity index (χ1) is 48.4. The van der Waals surface area contributed by atoms with E-state index in [0.29, 0.717) is 81.6 Å². The molecule has 6 heterocycles. The second-order valence-electron chi connectivity index (χ2n) is 30.8. The van der Waals surface area contributed by atoms with E-state index >= 15 is 0 Å². The van der Waals surface area contributed by atoms with Crippen LogP contribution in [0.2, 0.25) is 0 Å². The van der Waals surface area contributed by atoms with Crippen molar-refractivity contribution >= 4 is 15.9 Å². The van der Waals surface area contributed by atoms with E-state index in [0.717, 1.165) is 91.7 Å². The van der Waals surface area contributed by atoms with Crippen molar-refractivity contribution in [3.8, 4) is 34.5 Å². The number of Topliss-reactive ketones (excluding diaryl/α,β-unsaturated/α-hetero) is 1. The van der Waals surface area contributed by atoms with Crippen LogP contribution in [0.5, 0.6) is 34.5 Å². The molecule has 0 radical (unpaired) electrons. The standard InChI is InChI=1S/C32H33F3N2O5S.C31H34N2O3.C17H19NO4/c1-36-17-16-30-27-23-12-13-25(42-43(39,40)32(33,34)35)28(27)41-29(30)24(14-15-31(30,38)26(36)18-23)37(19-21-8-4-2-5-9-21)20-22-10-6-3-7-11-22;1-32-17-16-30-27-23-12-13-25(34)28(27)36-29(30)24(14-15-31(30,35)26(32)18-23)33(19-21-8-4-2-5-9-21)20-22-10-6-3-7-11-22;1-18-7-6-16-13-9-2-3-10(19)14(13)22-15(16)11(20)4-5-17(16,21)12(18)8-9/h2-13,24,26,29,38H,14-20H2,1H3;2-13,24,26,29,34-35H,14-20H2,1H3;2-3,12,15,19,21H,4-8H2,1H3/t2*24-,26-,29?,30+,31-;12-,15?,16+,17-/m111/s1. The van der Waals surface area contributed by atoms with Crippen LogP contribution in [-0.2, 0) is 76.6 Å². The second kappa shape index (κ2) is 24.0. The van der Waals surface area contributed by atoms with E-state index in [1.807, 2.05) is 56.6 Å². The number of hydrogen-bond donors (Lipinski definition) is 5. The maximum absolute atomic E-state index is 13.4. The molecule has 5 N–H and O–H groups in total. The van der Waals surface area contributed by atoms with Crippen LogP contribution in [0.4, 0.5) is 13.2 Å². The van der Waals surface area contributed by atoms with Gasteiger partial charge in [-0.15, -0.1) is 0 Å². The topological polar surface area (TPSA) is 205 Å². The summed E-state index contributed by atoms with van der Waals surface area (Å²) in [6, 6.07) is 51.4. The zero-order valence-electron chi connectivity index (χ0n) is 56.9. The first kappa shape index (κ1) is 66.7. The average Bonchev–Trinajstić information content (AvgIpc) is 1.58. The Kier molecular flexibility index (Phi) is 15.8. The van der Waals surface area contributed by atoms with Crippen LogP contribution >= 0.6 is 0 Å². The van der Waals surface area contributed by atoms with E-state index in [2.05, 4.69) is 123 Å². The zero-order valence-corrected chi connectivity index (χ0v) is 57.8. The van der Waals surface area contributed by atoms with Crippen LogP contribution in [0.3, 0.4) is 0 Å². The van der Waals surface area contributed by atoms with Gasteiger partial charge in [0.15, 0.2) is 46.4 Å². The van der Waals surface area contributed by atoms with Crippen LogP contribution in [0.1, 0.15) is 113 Å². The van der Waals surface area contributed by atoms with Gasteiger partial charge in [-0.3, -0.25) is 14.6 Å². The number of halogens is 3. The number of phenols is 2. The van der Waals surface area contributed by atoms with E-state index in [1.54, 1.807) is 18.2 Å². The molecule has 0 amide bonds. The molecule has 21 heteroatoms. The van der Waals surface area contributed by atoms with Gasteiger partial charge < -0.3 is 58.6 Å². The number of likely N-dealkylation sites (N-methyl/N-ethyl adjacent to an activating group) is 3. The van der Waals surface area contributed by atoms with Gasteiger partial charge in [0.05, 0.1) is 33.0 Å². The quantitative estimate of drug-likeness (QED) is 0.0570. The average molecular weight is 1400 g/mol. The molecule has 6 aliphatic carbocycles. The predicted molar refractivity (Wildman–Crippen MR) is 370 cm³/mol. The Morgan fingerprint density at radius 2 is 0.842 bits per heavy atom. The summed E-state index contributed by atoms with van der Waals surface area (Å²) in [4.78, 5) is 24.1. The molecule has 101 heavy (non-hydrogen) atoms. The van der Waals surface area contributed by atoms with Crippen molar-refractivity contribution in [2.45, 2.75) is 190 Å². The van der Waals surface area contributed by atoms with Crippen LogP contribution in [0.15, 0.2) is 158 Å². The number of ether oxygens (including phenoxy) is 3. The van der Waals surface area contributed by atoms with Crippen LogP contribution in [0, 0.1) is 0 Å². The molecule has 530 valence electrons. The number of carbonyl (C=O) groups excluding carboxylic acids is 1. The molecule has 7 aromatic carbocycles. The molecule has 3 spiro atoms. The third kappa shape index (κ3) is 9.75. The van der Waals surface area contributed by atoms with Crippen molar-refractivity contribution in [3.63, 3.8) is 0 Å². The fourth-order valence-electron chi connectivity index (χ4n) is 21.8. The van der Waals surface area contributed by atoms with E-state index in [-0.39, 0.29) is 59.3 Å². The molecule has 14 atom stereocenters. The second-order valence-corrected chi connectivity index (χ2v) is 32.4. The summed E-state index contributed by atoms with van der Waals surface area (Å²) in [6.45, 7) is 5.21. The lowest BCUT2D eigenvalue weighted by Crippen LogP contribution is -2.77. The predicted octanol–water partition coefficient (Wildman–Crippen LogP) is 9.76. The molecule has 3 saturated carbocycles. The van der Waals surface area contributed by atoms with E-state index in [9.17, 15) is 51.9 Å². The first-order valence-corrected chi connectivity index (χ1v) is 37.2. The maximum atomic E-state index is 13.4. The van der Waals surface area contributed by atoms with Gasteiger partial charge in [0.25, 0.3) is 0 Å². The maximum Gasteiger partial charge on any atom is 0.534 e. The van der Waals surface area contributed by atoms with Gasteiger partial charge in [-0.1, -0.05) is 140 Å². The zero-order chi connectivity index (χ0) is 70.0. The molecule has 19 rings (SSSR count). The lowest BCUT2D eigenvalue weighted by atomic mass is 9.48. The fraction of sp³-hybridized carbons (Fsp3) is 0.463. The molecule has 3 unspecified atom stereocenters. The summed E-state index contributed by atoms with van der Waals surface area (Å²) in [5.74, 6) is 0.892. The number of carbonyl (C=O) groups is 1. The number of benzene rings is 7. The summed E-state index contributed by atoms with van der Waals surface area (Å²) in [6.07, 6.45) is 6.04. The van der Waals surface area contributed by atoms with Crippen molar-refractivity contribution in [1.29, 1.82) is 0 Å². The lowest BCUT2D eigenvalue weighted by Gasteiger charge is -2.64. The Labute approximate surface area is 586 Å². The number of nitrogens with zero attached hydrogens (tertiary/aromatic N) is 5. The Hall–Kier alpha value is -7.57.